The van der Waals surface area contributed by atoms with E-state index < -0.39 is 39.1 Å². The smallest absolute Gasteiger partial charge is 0.378 e. The van der Waals surface area contributed by atoms with E-state index >= 15 is 0 Å². The first kappa shape index (κ1) is 32.5. The lowest BCUT2D eigenvalue weighted by Crippen LogP contribution is -2.56. The number of anilines is 3. The zero-order chi connectivity index (χ0) is 33.0. The number of nitrogens with one attached hydrogen (secondary N) is 2. The second kappa shape index (κ2) is 12.0. The molecule has 0 saturated carbocycles. The van der Waals surface area contributed by atoms with E-state index in [1.165, 1.54) is 10.6 Å². The number of sulfonamides is 1. The molecule has 0 bridgehead atoms. The molecule has 2 unspecified atom stereocenters. The minimum atomic E-state index is -5.21. The largest absolute Gasteiger partial charge is 0.493 e. The van der Waals surface area contributed by atoms with E-state index in [1.54, 1.807) is 19.9 Å². The first-order chi connectivity index (χ1) is 21.6. The third-order valence-electron chi connectivity index (χ3n) is 8.21. The highest BCUT2D eigenvalue weighted by atomic mass is 32.2. The molecule has 4 heterocycles. The topological polar surface area (TPSA) is 121 Å². The molecule has 0 radical (unpaired) electrons. The third kappa shape index (κ3) is 6.66. The van der Waals surface area contributed by atoms with Crippen LogP contribution < -0.4 is 14.9 Å². The van der Waals surface area contributed by atoms with Gasteiger partial charge >= 0.3 is 12.1 Å². The van der Waals surface area contributed by atoms with Crippen LogP contribution >= 0.6 is 11.8 Å². The highest BCUT2D eigenvalue weighted by Crippen LogP contribution is 2.47. The molecule has 16 heteroatoms. The fourth-order valence-corrected chi connectivity index (χ4v) is 8.52. The summed E-state index contributed by atoms with van der Waals surface area (Å²) in [4.78, 5) is 32.1. The van der Waals surface area contributed by atoms with Crippen molar-refractivity contribution in [1.29, 1.82) is 0 Å². The Balaban J connectivity index is 1.21. The molecule has 1 fully saturated rings. The van der Waals surface area contributed by atoms with Crippen LogP contribution in [0.1, 0.15) is 31.4 Å². The Morgan fingerprint density at radius 2 is 1.93 bits per heavy atom. The minimum Gasteiger partial charge on any atom is -0.378 e. The maximum atomic E-state index is 13.3. The summed E-state index contributed by atoms with van der Waals surface area (Å²) < 4.78 is 71.4. The molecular weight excluding hydrogens is 647 g/mol. The molecule has 11 nitrogen and oxygen atoms in total. The van der Waals surface area contributed by atoms with Gasteiger partial charge in [0.25, 0.3) is 5.91 Å². The first-order valence-corrected chi connectivity index (χ1v) is 17.4. The molecule has 0 spiro atoms. The summed E-state index contributed by atoms with van der Waals surface area (Å²) in [6.45, 7) is 4.84. The van der Waals surface area contributed by atoms with E-state index in [-0.39, 0.29) is 29.7 Å². The van der Waals surface area contributed by atoms with Crippen LogP contribution in [0, 0.1) is 0 Å². The Labute approximate surface area is 269 Å². The van der Waals surface area contributed by atoms with E-state index in [2.05, 4.69) is 10.6 Å². The van der Waals surface area contributed by atoms with Crippen LogP contribution in [0.2, 0.25) is 0 Å². The number of fused-ring (bicyclic) bond motifs is 1. The molecule has 6 rings (SSSR count). The van der Waals surface area contributed by atoms with Gasteiger partial charge in [0.1, 0.15) is 0 Å². The normalized spacial score (nSPS) is 23.2. The van der Waals surface area contributed by atoms with E-state index in [9.17, 15) is 31.2 Å². The number of hydroxylamine groups is 2. The van der Waals surface area contributed by atoms with E-state index in [1.807, 2.05) is 41.3 Å². The number of thioether (sulfide) groups is 1. The van der Waals surface area contributed by atoms with E-state index in [0.717, 1.165) is 39.3 Å². The van der Waals surface area contributed by atoms with Gasteiger partial charge in [-0.05, 0) is 68.1 Å². The van der Waals surface area contributed by atoms with E-state index in [4.69, 9.17) is 9.57 Å². The number of benzene rings is 2. The van der Waals surface area contributed by atoms with E-state index in [0.29, 0.717) is 38.2 Å². The fourth-order valence-electron chi connectivity index (χ4n) is 6.21. The zero-order valence-electron chi connectivity index (χ0n) is 25.4. The summed E-state index contributed by atoms with van der Waals surface area (Å²) in [6, 6.07) is 12.9. The van der Waals surface area contributed by atoms with Gasteiger partial charge in [0, 0.05) is 42.5 Å². The minimum absolute atomic E-state index is 0.181. The standard InChI is InChI=1S/C30H34F3N5O6S2/c1-29(2)16-24-25(26(39)35-29)45-28(38(24)44-27(40)30(31,32)33)36-11-12-43-17-22(36)14-18-5-4-6-20(13-18)34-21-7-8-23-19(15-21)9-10-37(23)46(3,41)42/h4-8,13,15,22,28,34H,9-12,14,16-17H2,1-3H3,(H,35,39). The molecule has 4 aliphatic heterocycles. The number of hydrogen-bond donors (Lipinski definition) is 2. The second-order valence-corrected chi connectivity index (χ2v) is 15.3. The number of hydrogen-bond acceptors (Lipinski definition) is 10. The van der Waals surface area contributed by atoms with Crippen molar-refractivity contribution in [3.8, 4) is 0 Å². The van der Waals surface area contributed by atoms with Gasteiger partial charge < -0.3 is 20.2 Å². The number of morpholine rings is 1. The highest BCUT2D eigenvalue weighted by Gasteiger charge is 2.51. The van der Waals surface area contributed by atoms with Crippen molar-refractivity contribution < 1.29 is 40.8 Å². The van der Waals surface area contributed by atoms with Gasteiger partial charge in [-0.1, -0.05) is 23.9 Å². The molecule has 2 aromatic rings. The van der Waals surface area contributed by atoms with Crippen molar-refractivity contribution in [2.24, 2.45) is 0 Å². The molecule has 2 atom stereocenters. The summed E-state index contributed by atoms with van der Waals surface area (Å²) in [7, 11) is -3.35. The average molecular weight is 682 g/mol. The van der Waals surface area contributed by atoms with Crippen LogP contribution in [0.15, 0.2) is 53.1 Å². The molecule has 4 aliphatic rings. The number of nitrogens with zero attached hydrogens (tertiary/aromatic N) is 3. The predicted molar refractivity (Wildman–Crippen MR) is 166 cm³/mol. The molecule has 1 amide bonds. The van der Waals surface area contributed by atoms with Crippen LogP contribution in [0.5, 0.6) is 0 Å². The molecular formula is C30H34F3N5O6S2. The second-order valence-electron chi connectivity index (χ2n) is 12.4. The molecule has 0 aliphatic carbocycles. The summed E-state index contributed by atoms with van der Waals surface area (Å²) >= 11 is 1.07. The van der Waals surface area contributed by atoms with Gasteiger partial charge in [0.05, 0.1) is 35.8 Å². The van der Waals surface area contributed by atoms with Crippen molar-refractivity contribution in [2.45, 2.75) is 56.4 Å². The number of ether oxygens (including phenoxy) is 1. The quantitative estimate of drug-likeness (QED) is 0.446. The Morgan fingerprint density at radius 3 is 2.67 bits per heavy atom. The van der Waals surface area contributed by atoms with Gasteiger partial charge in [-0.25, -0.2) is 13.2 Å². The predicted octanol–water partition coefficient (Wildman–Crippen LogP) is 3.86. The number of carbonyl (C=O) groups excluding carboxylic acids is 2. The van der Waals surface area contributed by atoms with Gasteiger partial charge in [-0.2, -0.15) is 18.2 Å². The number of halogens is 3. The monoisotopic (exact) mass is 681 g/mol. The van der Waals surface area contributed by atoms with Crippen molar-refractivity contribution in [1.82, 2.24) is 15.3 Å². The Morgan fingerprint density at radius 1 is 1.17 bits per heavy atom. The van der Waals surface area contributed by atoms with Crippen LogP contribution in [-0.2, 0) is 42.0 Å². The average Bonchev–Trinajstić information content (AvgIpc) is 3.54. The van der Waals surface area contributed by atoms with Crippen molar-refractivity contribution >= 4 is 50.7 Å². The Kier molecular flexibility index (Phi) is 8.44. The van der Waals surface area contributed by atoms with Gasteiger partial charge in [-0.15, -0.1) is 0 Å². The number of carbonyl (C=O) groups is 2. The summed E-state index contributed by atoms with van der Waals surface area (Å²) in [5.41, 5.74) is 2.72. The molecule has 0 aromatic heterocycles. The molecule has 248 valence electrons. The fraction of sp³-hybridized carbons (Fsp3) is 0.467. The maximum Gasteiger partial charge on any atom is 0.493 e. The molecule has 1 saturated heterocycles. The van der Waals surface area contributed by atoms with Crippen LogP contribution in [-0.4, -0.2) is 86.1 Å². The third-order valence-corrected chi connectivity index (χ3v) is 10.7. The summed E-state index contributed by atoms with van der Waals surface area (Å²) in [5, 5.41) is 7.21. The zero-order valence-corrected chi connectivity index (χ0v) is 27.0. The van der Waals surface area contributed by atoms with Crippen LogP contribution in [0.3, 0.4) is 0 Å². The van der Waals surface area contributed by atoms with Gasteiger partial charge in [-0.3, -0.25) is 14.0 Å². The summed E-state index contributed by atoms with van der Waals surface area (Å²) in [6.07, 6.45) is -2.77. The Bertz CT molecular complexity index is 1700. The highest BCUT2D eigenvalue weighted by molar-refractivity contribution is 8.04. The number of amides is 1. The Hall–Kier alpha value is -3.47. The van der Waals surface area contributed by atoms with Gasteiger partial charge in [0.15, 0.2) is 5.50 Å². The van der Waals surface area contributed by atoms with Crippen molar-refractivity contribution in [2.75, 3.05) is 42.2 Å². The van der Waals surface area contributed by atoms with Gasteiger partial charge in [0.2, 0.25) is 10.0 Å². The molecule has 46 heavy (non-hydrogen) atoms. The molecule has 2 N–H and O–H groups in total. The maximum absolute atomic E-state index is 13.3. The lowest BCUT2D eigenvalue weighted by molar-refractivity contribution is -0.243. The number of alkyl halides is 3. The van der Waals surface area contributed by atoms with Crippen molar-refractivity contribution in [3.63, 3.8) is 0 Å². The number of rotatable bonds is 7. The van der Waals surface area contributed by atoms with Crippen LogP contribution in [0.25, 0.3) is 0 Å². The SMILES string of the molecule is CC1(C)CC2=C(SC(N3CCOCC3Cc3cccc(Nc4ccc5c(c4)CCN5S(C)(=O)=O)c3)N2OC(=O)C(F)(F)F)C(=O)N1. The first-order valence-electron chi connectivity index (χ1n) is 14.7. The summed E-state index contributed by atoms with van der Waals surface area (Å²) in [5.74, 6) is -2.78. The van der Waals surface area contributed by atoms with Crippen molar-refractivity contribution in [3.05, 3.63) is 64.2 Å². The van der Waals surface area contributed by atoms with Crippen LogP contribution in [0.4, 0.5) is 30.2 Å². The lowest BCUT2D eigenvalue weighted by atomic mass is 9.94. The lowest BCUT2D eigenvalue weighted by Gasteiger charge is -2.42. The molecule has 2 aromatic carbocycles.